The number of aliphatic imine (C=N–C) groups is 1. The van der Waals surface area contributed by atoms with Crippen LogP contribution in [-0.2, 0) is 4.74 Å². The number of nitrogens with one attached hydrogen (secondary N) is 2. The van der Waals surface area contributed by atoms with E-state index in [-0.39, 0.29) is 6.04 Å². The van der Waals surface area contributed by atoms with Gasteiger partial charge in [-0.25, -0.2) is 9.97 Å². The van der Waals surface area contributed by atoms with Gasteiger partial charge in [-0.3, -0.25) is 4.99 Å². The van der Waals surface area contributed by atoms with Gasteiger partial charge in [-0.15, -0.1) is 0 Å². The summed E-state index contributed by atoms with van der Waals surface area (Å²) >= 11 is 0. The molecule has 0 saturated carbocycles. The molecule has 1 aromatic carbocycles. The normalized spacial score (nSPS) is 15.5. The molecule has 1 fully saturated rings. The molecule has 9 heteroatoms. The van der Waals surface area contributed by atoms with Crippen molar-refractivity contribution in [3.05, 3.63) is 52.7 Å². The lowest BCUT2D eigenvalue weighted by Gasteiger charge is -2.32. The maximum atomic E-state index is 5.93. The third-order valence-electron chi connectivity index (χ3n) is 6.50. The van der Waals surface area contributed by atoms with Crippen LogP contribution in [0.1, 0.15) is 41.8 Å². The Hall–Kier alpha value is -3.72. The molecule has 2 aromatic heterocycles. The Morgan fingerprint density at radius 2 is 2.00 bits per heavy atom. The van der Waals surface area contributed by atoms with Crippen LogP contribution >= 0.6 is 0 Å². The number of anilines is 3. The van der Waals surface area contributed by atoms with E-state index in [0.717, 1.165) is 58.9 Å². The first kappa shape index (κ1) is 25.4. The first-order chi connectivity index (χ1) is 17.4. The molecule has 0 aliphatic carbocycles. The summed E-state index contributed by atoms with van der Waals surface area (Å²) in [6.45, 7) is 9.27. The molecule has 0 spiro atoms. The summed E-state index contributed by atoms with van der Waals surface area (Å²) in [5, 5.41) is 7.90. The molecule has 0 radical (unpaired) electrons. The highest BCUT2D eigenvalue weighted by Crippen LogP contribution is 2.35. The minimum absolute atomic E-state index is 0.0244. The van der Waals surface area contributed by atoms with Gasteiger partial charge in [0.05, 0.1) is 30.5 Å². The van der Waals surface area contributed by atoms with Gasteiger partial charge in [0.1, 0.15) is 17.5 Å². The Balaban J connectivity index is 1.82. The first-order valence-electron chi connectivity index (χ1n) is 12.4. The molecule has 1 unspecified atom stereocenters. The number of morpholine rings is 1. The molecule has 0 bridgehead atoms. The number of ether oxygens (including phenoxy) is 1. The zero-order valence-electron chi connectivity index (χ0n) is 21.8. The number of para-hydroxylation sites is 1. The standard InChI is InChI=1S/C27H36N8O/c1-6-22(32-25-20(10-11-23(28)29-4)18(3)31-27(30-5)34-25)21-16-19-9-7-8-17(2)24(19)33-26(21)35-12-14-36-15-13-35/h7-11,16,22H,6,12-15H2,1-5H3,(H2,28,29)(H2,30,31,32,34)/b11-10+. The van der Waals surface area contributed by atoms with E-state index in [9.17, 15) is 0 Å². The van der Waals surface area contributed by atoms with Crippen LogP contribution in [0.15, 0.2) is 35.3 Å². The van der Waals surface area contributed by atoms with Crippen LogP contribution in [0.4, 0.5) is 17.6 Å². The number of hydrogen-bond acceptors (Lipinski definition) is 8. The van der Waals surface area contributed by atoms with Gasteiger partial charge in [0.15, 0.2) is 0 Å². The number of hydrogen-bond donors (Lipinski definition) is 3. The molecule has 1 aliphatic rings. The Bertz CT molecular complexity index is 1280. The Kier molecular flexibility index (Phi) is 8.00. The molecular weight excluding hydrogens is 452 g/mol. The predicted octanol–water partition coefficient (Wildman–Crippen LogP) is 4.08. The van der Waals surface area contributed by atoms with E-state index in [1.807, 2.05) is 20.0 Å². The highest BCUT2D eigenvalue weighted by Gasteiger charge is 2.24. The van der Waals surface area contributed by atoms with Crippen LogP contribution in [0.3, 0.4) is 0 Å². The van der Waals surface area contributed by atoms with Gasteiger partial charge in [0.25, 0.3) is 0 Å². The maximum absolute atomic E-state index is 5.93. The molecule has 9 nitrogen and oxygen atoms in total. The lowest BCUT2D eigenvalue weighted by atomic mass is 10.00. The second kappa shape index (κ2) is 11.3. The fourth-order valence-electron chi connectivity index (χ4n) is 4.45. The smallest absolute Gasteiger partial charge is 0.224 e. The van der Waals surface area contributed by atoms with Crippen molar-refractivity contribution in [3.8, 4) is 0 Å². The zero-order chi connectivity index (χ0) is 25.7. The van der Waals surface area contributed by atoms with Crippen LogP contribution < -0.4 is 21.3 Å². The van der Waals surface area contributed by atoms with Crippen molar-refractivity contribution in [2.75, 3.05) is 55.9 Å². The Labute approximate surface area is 212 Å². The van der Waals surface area contributed by atoms with Crippen LogP contribution in [0.2, 0.25) is 0 Å². The molecule has 3 heterocycles. The zero-order valence-corrected chi connectivity index (χ0v) is 21.8. The van der Waals surface area contributed by atoms with Crippen molar-refractivity contribution in [1.82, 2.24) is 15.0 Å². The van der Waals surface area contributed by atoms with Crippen LogP contribution in [0.25, 0.3) is 17.0 Å². The van der Waals surface area contributed by atoms with E-state index < -0.39 is 0 Å². The average molecular weight is 489 g/mol. The first-order valence-corrected chi connectivity index (χ1v) is 12.4. The van der Waals surface area contributed by atoms with Crippen molar-refractivity contribution in [1.29, 1.82) is 0 Å². The number of aryl methyl sites for hydroxylation is 2. The largest absolute Gasteiger partial charge is 0.384 e. The molecule has 4 rings (SSSR count). The quantitative estimate of drug-likeness (QED) is 0.321. The lowest BCUT2D eigenvalue weighted by molar-refractivity contribution is 0.122. The minimum Gasteiger partial charge on any atom is -0.384 e. The van der Waals surface area contributed by atoms with Crippen LogP contribution in [-0.4, -0.2) is 61.2 Å². The van der Waals surface area contributed by atoms with Gasteiger partial charge in [-0.2, -0.15) is 4.98 Å². The number of nitrogens with two attached hydrogens (primary N) is 1. The third kappa shape index (κ3) is 5.41. The van der Waals surface area contributed by atoms with E-state index in [1.54, 1.807) is 13.1 Å². The van der Waals surface area contributed by atoms with Crippen molar-refractivity contribution in [3.63, 3.8) is 0 Å². The van der Waals surface area contributed by atoms with Gasteiger partial charge in [0, 0.05) is 43.7 Å². The molecular formula is C27H36N8O. The van der Waals surface area contributed by atoms with E-state index in [2.05, 4.69) is 63.6 Å². The van der Waals surface area contributed by atoms with Crippen molar-refractivity contribution in [2.45, 2.75) is 33.2 Å². The lowest BCUT2D eigenvalue weighted by Crippen LogP contribution is -2.38. The van der Waals surface area contributed by atoms with Crippen molar-refractivity contribution < 1.29 is 4.74 Å². The highest BCUT2D eigenvalue weighted by molar-refractivity contribution is 5.95. The van der Waals surface area contributed by atoms with E-state index in [1.165, 1.54) is 5.56 Å². The topological polar surface area (TPSA) is 114 Å². The fourth-order valence-corrected chi connectivity index (χ4v) is 4.45. The van der Waals surface area contributed by atoms with E-state index >= 15 is 0 Å². The van der Waals surface area contributed by atoms with Crippen LogP contribution in [0, 0.1) is 13.8 Å². The van der Waals surface area contributed by atoms with E-state index in [0.29, 0.717) is 25.0 Å². The molecule has 1 saturated heterocycles. The van der Waals surface area contributed by atoms with Gasteiger partial charge in [0.2, 0.25) is 5.95 Å². The molecule has 36 heavy (non-hydrogen) atoms. The Morgan fingerprint density at radius 3 is 2.69 bits per heavy atom. The molecule has 4 N–H and O–H groups in total. The third-order valence-corrected chi connectivity index (χ3v) is 6.50. The summed E-state index contributed by atoms with van der Waals surface area (Å²) < 4.78 is 5.63. The van der Waals surface area contributed by atoms with Gasteiger partial charge in [-0.1, -0.05) is 25.1 Å². The van der Waals surface area contributed by atoms with Crippen molar-refractivity contribution in [2.24, 2.45) is 10.7 Å². The summed E-state index contributed by atoms with van der Waals surface area (Å²) in [6, 6.07) is 8.57. The number of rotatable bonds is 8. The highest BCUT2D eigenvalue weighted by atomic mass is 16.5. The summed E-state index contributed by atoms with van der Waals surface area (Å²) in [7, 11) is 3.49. The molecule has 1 atom stereocenters. The summed E-state index contributed by atoms with van der Waals surface area (Å²) in [5.74, 6) is 2.73. The Morgan fingerprint density at radius 1 is 1.22 bits per heavy atom. The second-order valence-electron chi connectivity index (χ2n) is 8.88. The van der Waals surface area contributed by atoms with Gasteiger partial charge in [-0.05, 0) is 44.1 Å². The molecule has 190 valence electrons. The summed E-state index contributed by atoms with van der Waals surface area (Å²) in [5.41, 5.74) is 11.0. The van der Waals surface area contributed by atoms with Gasteiger partial charge >= 0.3 is 0 Å². The molecule has 0 amide bonds. The number of benzene rings is 1. The molecule has 3 aromatic rings. The average Bonchev–Trinajstić information content (AvgIpc) is 2.90. The SMILES string of the molecule is CCC(Nc1nc(NC)nc(C)c1/C=C/C(N)=NC)c1cc2cccc(C)c2nc1N1CCOCC1. The van der Waals surface area contributed by atoms with Crippen LogP contribution in [0.5, 0.6) is 0 Å². The molecule has 1 aliphatic heterocycles. The van der Waals surface area contributed by atoms with E-state index in [4.69, 9.17) is 20.4 Å². The minimum atomic E-state index is -0.0244. The van der Waals surface area contributed by atoms with Crippen molar-refractivity contribution >= 4 is 40.4 Å². The number of amidine groups is 1. The monoisotopic (exact) mass is 488 g/mol. The predicted molar refractivity (Wildman–Crippen MR) is 149 cm³/mol. The second-order valence-corrected chi connectivity index (χ2v) is 8.88. The number of nitrogens with zero attached hydrogens (tertiary/aromatic N) is 5. The number of aromatic nitrogens is 3. The number of fused-ring (bicyclic) bond motifs is 1. The number of pyridine rings is 1. The fraction of sp³-hybridized carbons (Fsp3) is 0.407. The van der Waals surface area contributed by atoms with Gasteiger partial charge < -0.3 is 26.0 Å². The summed E-state index contributed by atoms with van der Waals surface area (Å²) in [6.07, 6.45) is 4.53. The summed E-state index contributed by atoms with van der Waals surface area (Å²) in [4.78, 5) is 20.9. The maximum Gasteiger partial charge on any atom is 0.224 e.